The summed E-state index contributed by atoms with van der Waals surface area (Å²) in [5, 5.41) is 5.03. The van der Waals surface area contributed by atoms with E-state index in [-0.39, 0.29) is 29.7 Å². The fourth-order valence-electron chi connectivity index (χ4n) is 2.57. The van der Waals surface area contributed by atoms with Gasteiger partial charge in [0, 0.05) is 24.5 Å². The summed E-state index contributed by atoms with van der Waals surface area (Å²) in [7, 11) is 0. The summed E-state index contributed by atoms with van der Waals surface area (Å²) in [6.07, 6.45) is 4.67. The lowest BCUT2D eigenvalue weighted by Crippen LogP contribution is -2.39. The zero-order valence-corrected chi connectivity index (χ0v) is 15.3. The van der Waals surface area contributed by atoms with E-state index in [9.17, 15) is 9.59 Å². The smallest absolute Gasteiger partial charge is 0.245 e. The Morgan fingerprint density at radius 1 is 1.48 bits per heavy atom. The molecule has 1 heterocycles. The van der Waals surface area contributed by atoms with Crippen molar-refractivity contribution in [2.75, 3.05) is 18.4 Å². The van der Waals surface area contributed by atoms with Gasteiger partial charge in [0.1, 0.15) is 6.54 Å². The first kappa shape index (κ1) is 19.4. The van der Waals surface area contributed by atoms with Crippen molar-refractivity contribution in [2.45, 2.75) is 40.5 Å². The van der Waals surface area contributed by atoms with E-state index in [1.807, 2.05) is 0 Å². The standard InChI is InChI=1S/C17H27N3O2S/c1-6-8-20(12-14(21)19-16-18-7-9-23-16)15(22)10-13(2)11-17(3,4)5/h6-7,9,13H,1,8,10-12H2,2-5H3,(H,18,19,21). The molecule has 1 N–H and O–H groups in total. The minimum absolute atomic E-state index is 0.0176. The molecule has 0 aliphatic carbocycles. The number of nitrogens with one attached hydrogen (secondary N) is 1. The van der Waals surface area contributed by atoms with E-state index < -0.39 is 0 Å². The van der Waals surface area contributed by atoms with Crippen molar-refractivity contribution in [3.63, 3.8) is 0 Å². The van der Waals surface area contributed by atoms with Crippen LogP contribution in [0.1, 0.15) is 40.5 Å². The Bertz CT molecular complexity index is 520. The topological polar surface area (TPSA) is 62.3 Å². The van der Waals surface area contributed by atoms with E-state index in [1.165, 1.54) is 16.2 Å². The first-order chi connectivity index (χ1) is 10.7. The van der Waals surface area contributed by atoms with Crippen LogP contribution in [0.2, 0.25) is 0 Å². The van der Waals surface area contributed by atoms with Gasteiger partial charge in [-0.15, -0.1) is 17.9 Å². The monoisotopic (exact) mass is 337 g/mol. The molecule has 1 atom stereocenters. The van der Waals surface area contributed by atoms with Crippen LogP contribution in [0.3, 0.4) is 0 Å². The third-order valence-corrected chi connectivity index (χ3v) is 3.89. The van der Waals surface area contributed by atoms with Crippen molar-refractivity contribution in [3.05, 3.63) is 24.2 Å². The van der Waals surface area contributed by atoms with Crippen LogP contribution in [0.5, 0.6) is 0 Å². The third kappa shape index (κ3) is 7.93. The second-order valence-corrected chi connectivity index (χ2v) is 7.92. The summed E-state index contributed by atoms with van der Waals surface area (Å²) in [4.78, 5) is 30.0. The average molecular weight is 337 g/mol. The number of carbonyl (C=O) groups excluding carboxylic acids is 2. The van der Waals surface area contributed by atoms with Crippen LogP contribution < -0.4 is 5.32 Å². The number of nitrogens with zero attached hydrogens (tertiary/aromatic N) is 2. The van der Waals surface area contributed by atoms with Crippen molar-refractivity contribution in [3.8, 4) is 0 Å². The van der Waals surface area contributed by atoms with E-state index in [1.54, 1.807) is 17.7 Å². The predicted octanol–water partition coefficient (Wildman–Crippen LogP) is 3.56. The molecule has 0 aromatic carbocycles. The quantitative estimate of drug-likeness (QED) is 0.738. The highest BCUT2D eigenvalue weighted by Crippen LogP contribution is 2.26. The molecule has 0 saturated heterocycles. The maximum atomic E-state index is 12.5. The molecule has 1 aromatic heterocycles. The molecule has 6 heteroatoms. The van der Waals surface area contributed by atoms with E-state index in [4.69, 9.17) is 0 Å². The lowest BCUT2D eigenvalue weighted by atomic mass is 9.84. The van der Waals surface area contributed by atoms with Crippen LogP contribution in [0.4, 0.5) is 5.13 Å². The van der Waals surface area contributed by atoms with Crippen LogP contribution in [0, 0.1) is 11.3 Å². The van der Waals surface area contributed by atoms with E-state index in [0.29, 0.717) is 18.1 Å². The van der Waals surface area contributed by atoms with Crippen molar-refractivity contribution in [2.24, 2.45) is 11.3 Å². The van der Waals surface area contributed by atoms with Crippen molar-refractivity contribution in [1.29, 1.82) is 0 Å². The Morgan fingerprint density at radius 2 is 2.17 bits per heavy atom. The number of anilines is 1. The van der Waals surface area contributed by atoms with Gasteiger partial charge in [-0.3, -0.25) is 9.59 Å². The molecule has 2 amide bonds. The van der Waals surface area contributed by atoms with Gasteiger partial charge in [0.15, 0.2) is 5.13 Å². The molecule has 0 aliphatic rings. The van der Waals surface area contributed by atoms with E-state index in [2.05, 4.69) is 44.6 Å². The fraction of sp³-hybridized carbons (Fsp3) is 0.588. The van der Waals surface area contributed by atoms with Crippen LogP contribution >= 0.6 is 11.3 Å². The zero-order valence-electron chi connectivity index (χ0n) is 14.5. The maximum Gasteiger partial charge on any atom is 0.245 e. The number of carbonyl (C=O) groups is 2. The van der Waals surface area contributed by atoms with Gasteiger partial charge in [0.2, 0.25) is 11.8 Å². The Morgan fingerprint density at radius 3 is 2.70 bits per heavy atom. The normalized spacial score (nSPS) is 12.5. The maximum absolute atomic E-state index is 12.5. The van der Waals surface area contributed by atoms with Gasteiger partial charge >= 0.3 is 0 Å². The van der Waals surface area contributed by atoms with Crippen molar-refractivity contribution >= 4 is 28.3 Å². The summed E-state index contributed by atoms with van der Waals surface area (Å²) in [5.74, 6) is 0.0198. The molecule has 0 saturated carbocycles. The predicted molar refractivity (Wildman–Crippen MR) is 95.4 cm³/mol. The molecule has 23 heavy (non-hydrogen) atoms. The summed E-state index contributed by atoms with van der Waals surface area (Å²) in [6.45, 7) is 12.6. The van der Waals surface area contributed by atoms with Crippen molar-refractivity contribution in [1.82, 2.24) is 9.88 Å². The number of aromatic nitrogens is 1. The van der Waals surface area contributed by atoms with Crippen LogP contribution in [0.15, 0.2) is 24.2 Å². The third-order valence-electron chi connectivity index (χ3n) is 3.20. The molecule has 5 nitrogen and oxygen atoms in total. The SMILES string of the molecule is C=CCN(CC(=O)Nc1nccs1)C(=O)CC(C)CC(C)(C)C. The number of thiazole rings is 1. The summed E-state index contributed by atoms with van der Waals surface area (Å²) in [5.41, 5.74) is 0.186. The second kappa shape index (κ2) is 8.82. The Kier molecular flexibility index (Phi) is 7.42. The van der Waals surface area contributed by atoms with E-state index >= 15 is 0 Å². The van der Waals surface area contributed by atoms with Gasteiger partial charge in [0.05, 0.1) is 0 Å². The molecule has 1 unspecified atom stereocenters. The molecule has 128 valence electrons. The van der Waals surface area contributed by atoms with Gasteiger partial charge in [-0.05, 0) is 17.8 Å². The van der Waals surface area contributed by atoms with Gasteiger partial charge in [-0.2, -0.15) is 0 Å². The zero-order chi connectivity index (χ0) is 17.5. The molecule has 0 spiro atoms. The molecule has 0 bridgehead atoms. The molecule has 0 aliphatic heterocycles. The molecule has 0 fully saturated rings. The van der Waals surface area contributed by atoms with Gasteiger partial charge in [-0.1, -0.05) is 33.8 Å². The largest absolute Gasteiger partial charge is 0.330 e. The molecular formula is C17H27N3O2S. The van der Waals surface area contributed by atoms with E-state index in [0.717, 1.165) is 6.42 Å². The van der Waals surface area contributed by atoms with Crippen LogP contribution in [-0.2, 0) is 9.59 Å². The molecular weight excluding hydrogens is 310 g/mol. The number of rotatable bonds is 8. The summed E-state index contributed by atoms with van der Waals surface area (Å²) >= 11 is 1.35. The highest BCUT2D eigenvalue weighted by molar-refractivity contribution is 7.13. The first-order valence-corrected chi connectivity index (χ1v) is 8.67. The molecule has 1 aromatic rings. The number of hydrogen-bond acceptors (Lipinski definition) is 4. The van der Waals surface area contributed by atoms with Gasteiger partial charge in [0.25, 0.3) is 0 Å². The summed E-state index contributed by atoms with van der Waals surface area (Å²) in [6, 6.07) is 0. The lowest BCUT2D eigenvalue weighted by Gasteiger charge is -2.26. The van der Waals surface area contributed by atoms with Crippen molar-refractivity contribution < 1.29 is 9.59 Å². The van der Waals surface area contributed by atoms with Crippen LogP contribution in [0.25, 0.3) is 0 Å². The fourth-order valence-corrected chi connectivity index (χ4v) is 3.12. The molecule has 0 radical (unpaired) electrons. The second-order valence-electron chi connectivity index (χ2n) is 7.02. The van der Waals surface area contributed by atoms with Gasteiger partial charge in [-0.25, -0.2) is 4.98 Å². The van der Waals surface area contributed by atoms with Crippen LogP contribution in [-0.4, -0.2) is 34.8 Å². The Labute approximate surface area is 142 Å². The highest BCUT2D eigenvalue weighted by Gasteiger charge is 2.22. The number of hydrogen-bond donors (Lipinski definition) is 1. The number of amides is 2. The van der Waals surface area contributed by atoms with Gasteiger partial charge < -0.3 is 10.2 Å². The lowest BCUT2D eigenvalue weighted by molar-refractivity contribution is -0.135. The Hall–Kier alpha value is -1.69. The molecule has 1 rings (SSSR count). The minimum Gasteiger partial charge on any atom is -0.330 e. The Balaban J connectivity index is 2.56. The average Bonchev–Trinajstić information content (AvgIpc) is 2.88. The highest BCUT2D eigenvalue weighted by atomic mass is 32.1. The summed E-state index contributed by atoms with van der Waals surface area (Å²) < 4.78 is 0. The first-order valence-electron chi connectivity index (χ1n) is 7.79. The minimum atomic E-state index is -0.237.